The number of hydrogen-bond acceptors (Lipinski definition) is 3. The van der Waals surface area contributed by atoms with Gasteiger partial charge in [-0.15, -0.1) is 12.4 Å². The number of phenolic OH excluding ortho intramolecular Hbond substituents is 1. The molecule has 0 saturated heterocycles. The zero-order valence-corrected chi connectivity index (χ0v) is 9.27. The van der Waals surface area contributed by atoms with Gasteiger partial charge in [-0.05, 0) is 42.7 Å². The Morgan fingerprint density at radius 3 is 2.07 bits per heavy atom. The van der Waals surface area contributed by atoms with Crippen molar-refractivity contribution in [2.24, 2.45) is 11.5 Å². The summed E-state index contributed by atoms with van der Waals surface area (Å²) in [6.07, 6.45) is 0. The van der Waals surface area contributed by atoms with Crippen LogP contribution in [0.1, 0.15) is 22.7 Å². The zero-order chi connectivity index (χ0) is 10.0. The molecule has 3 nitrogen and oxygen atoms in total. The second-order valence-corrected chi connectivity index (χ2v) is 3.34. The lowest BCUT2D eigenvalue weighted by atomic mass is 9.96. The average molecular weight is 217 g/mol. The van der Waals surface area contributed by atoms with Gasteiger partial charge in [-0.25, -0.2) is 0 Å². The first kappa shape index (κ1) is 13.2. The minimum absolute atomic E-state index is 0. The minimum Gasteiger partial charge on any atom is -0.508 e. The van der Waals surface area contributed by atoms with Crippen LogP contribution in [0.3, 0.4) is 0 Å². The van der Waals surface area contributed by atoms with E-state index in [9.17, 15) is 5.11 Å². The molecule has 0 aliphatic heterocycles. The summed E-state index contributed by atoms with van der Waals surface area (Å²) in [6, 6.07) is 3.27. The molecule has 5 N–H and O–H groups in total. The van der Waals surface area contributed by atoms with Gasteiger partial charge in [0.1, 0.15) is 5.75 Å². The van der Waals surface area contributed by atoms with Crippen LogP contribution >= 0.6 is 12.4 Å². The van der Waals surface area contributed by atoms with E-state index in [2.05, 4.69) is 0 Å². The van der Waals surface area contributed by atoms with Crippen LogP contribution in [0.2, 0.25) is 0 Å². The lowest BCUT2D eigenvalue weighted by Crippen LogP contribution is -2.22. The van der Waals surface area contributed by atoms with Gasteiger partial charge < -0.3 is 16.6 Å². The van der Waals surface area contributed by atoms with Crippen LogP contribution < -0.4 is 11.5 Å². The summed E-state index contributed by atoms with van der Waals surface area (Å²) in [5, 5.41) is 9.30. The molecule has 0 aromatic heterocycles. The van der Waals surface area contributed by atoms with Gasteiger partial charge in [0.2, 0.25) is 0 Å². The van der Waals surface area contributed by atoms with Crippen LogP contribution in [0.25, 0.3) is 0 Å². The van der Waals surface area contributed by atoms with E-state index in [-0.39, 0.29) is 24.2 Å². The molecule has 1 rings (SSSR count). The van der Waals surface area contributed by atoms with Gasteiger partial charge >= 0.3 is 0 Å². The fourth-order valence-electron chi connectivity index (χ4n) is 1.65. The van der Waals surface area contributed by atoms with Crippen molar-refractivity contribution in [1.29, 1.82) is 0 Å². The number of rotatable bonds is 2. The predicted molar refractivity (Wildman–Crippen MR) is 60.8 cm³/mol. The molecule has 80 valence electrons. The highest BCUT2D eigenvalue weighted by molar-refractivity contribution is 5.85. The third-order valence-corrected chi connectivity index (χ3v) is 2.20. The van der Waals surface area contributed by atoms with E-state index in [4.69, 9.17) is 11.5 Å². The summed E-state index contributed by atoms with van der Waals surface area (Å²) in [6.45, 7) is 4.28. The van der Waals surface area contributed by atoms with Crippen LogP contribution in [-0.2, 0) is 0 Å². The van der Waals surface area contributed by atoms with Gasteiger partial charge in [-0.2, -0.15) is 0 Å². The molecule has 0 bridgehead atoms. The Hall–Kier alpha value is -0.770. The summed E-state index contributed by atoms with van der Waals surface area (Å²) >= 11 is 0. The van der Waals surface area contributed by atoms with Crippen molar-refractivity contribution in [3.05, 3.63) is 28.8 Å². The molecular weight excluding hydrogens is 200 g/mol. The van der Waals surface area contributed by atoms with E-state index < -0.39 is 0 Å². The van der Waals surface area contributed by atoms with E-state index in [0.717, 1.165) is 16.7 Å². The van der Waals surface area contributed by atoms with Crippen LogP contribution in [-0.4, -0.2) is 11.7 Å². The van der Waals surface area contributed by atoms with Crippen LogP contribution in [0.4, 0.5) is 0 Å². The molecule has 0 amide bonds. The summed E-state index contributed by atoms with van der Waals surface area (Å²) in [7, 11) is 0. The Morgan fingerprint density at radius 1 is 1.29 bits per heavy atom. The Kier molecular flexibility index (Phi) is 4.91. The second-order valence-electron chi connectivity index (χ2n) is 3.34. The molecular formula is C10H17ClN2O. The summed E-state index contributed by atoms with van der Waals surface area (Å²) in [5.74, 6) is 0.281. The highest BCUT2D eigenvalue weighted by atomic mass is 35.5. The maximum absolute atomic E-state index is 9.30. The van der Waals surface area contributed by atoms with Gasteiger partial charge in [-0.1, -0.05) is 0 Å². The van der Waals surface area contributed by atoms with E-state index in [1.54, 1.807) is 12.1 Å². The van der Waals surface area contributed by atoms with Gasteiger partial charge in [0.15, 0.2) is 0 Å². The van der Waals surface area contributed by atoms with Crippen LogP contribution in [0.15, 0.2) is 12.1 Å². The summed E-state index contributed by atoms with van der Waals surface area (Å²) in [5.41, 5.74) is 14.4. The van der Waals surface area contributed by atoms with E-state index >= 15 is 0 Å². The van der Waals surface area contributed by atoms with Crippen molar-refractivity contribution in [1.82, 2.24) is 0 Å². The summed E-state index contributed by atoms with van der Waals surface area (Å²) in [4.78, 5) is 0. The molecule has 0 fully saturated rings. The quantitative estimate of drug-likeness (QED) is 0.700. The first-order valence-corrected chi connectivity index (χ1v) is 4.32. The average Bonchev–Trinajstić information content (AvgIpc) is 2.02. The molecule has 0 unspecified atom stereocenters. The smallest absolute Gasteiger partial charge is 0.116 e. The zero-order valence-electron chi connectivity index (χ0n) is 8.45. The standard InChI is InChI=1S/C10H16N2O.ClH/c1-6-3-8(13)4-7(2)10(6)9(12)5-11;/h3-4,9,13H,5,11-12H2,1-2H3;1H/t9-;/m0./s1. The normalized spacial score (nSPS) is 12.0. The van der Waals surface area contributed by atoms with Crippen molar-refractivity contribution in [3.8, 4) is 5.75 Å². The molecule has 1 atom stereocenters. The number of benzene rings is 1. The number of phenols is 1. The van der Waals surface area contributed by atoms with Gasteiger partial charge in [0.25, 0.3) is 0 Å². The van der Waals surface area contributed by atoms with Gasteiger partial charge in [0.05, 0.1) is 0 Å². The van der Waals surface area contributed by atoms with Crippen LogP contribution in [0.5, 0.6) is 5.75 Å². The molecule has 4 heteroatoms. The first-order valence-electron chi connectivity index (χ1n) is 4.32. The molecule has 0 aliphatic carbocycles. The number of aryl methyl sites for hydroxylation is 2. The lowest BCUT2D eigenvalue weighted by Gasteiger charge is -2.15. The Balaban J connectivity index is 0.00000169. The fourth-order valence-corrected chi connectivity index (χ4v) is 1.65. The third-order valence-electron chi connectivity index (χ3n) is 2.20. The Labute approximate surface area is 90.5 Å². The maximum Gasteiger partial charge on any atom is 0.116 e. The topological polar surface area (TPSA) is 72.3 Å². The Morgan fingerprint density at radius 2 is 1.71 bits per heavy atom. The van der Waals surface area contributed by atoms with Gasteiger partial charge in [-0.3, -0.25) is 0 Å². The second kappa shape index (κ2) is 5.20. The molecule has 0 saturated carbocycles. The van der Waals surface area contributed by atoms with E-state index in [1.807, 2.05) is 13.8 Å². The van der Waals surface area contributed by atoms with Crippen molar-refractivity contribution in [2.75, 3.05) is 6.54 Å². The van der Waals surface area contributed by atoms with Crippen molar-refractivity contribution >= 4 is 12.4 Å². The molecule has 0 spiro atoms. The first-order chi connectivity index (χ1) is 6.06. The highest BCUT2D eigenvalue weighted by Crippen LogP contribution is 2.24. The largest absolute Gasteiger partial charge is 0.508 e. The monoisotopic (exact) mass is 216 g/mol. The lowest BCUT2D eigenvalue weighted by molar-refractivity contribution is 0.473. The molecule has 0 aliphatic rings. The van der Waals surface area contributed by atoms with Crippen LogP contribution in [0, 0.1) is 13.8 Å². The maximum atomic E-state index is 9.30. The van der Waals surface area contributed by atoms with Crippen molar-refractivity contribution in [2.45, 2.75) is 19.9 Å². The fraction of sp³-hybridized carbons (Fsp3) is 0.400. The highest BCUT2D eigenvalue weighted by Gasteiger charge is 2.10. The molecule has 0 radical (unpaired) electrons. The SMILES string of the molecule is Cc1cc(O)cc(C)c1[C@@H](N)CN.Cl. The van der Waals surface area contributed by atoms with Crippen molar-refractivity contribution in [3.63, 3.8) is 0 Å². The number of halogens is 1. The van der Waals surface area contributed by atoms with Crippen molar-refractivity contribution < 1.29 is 5.11 Å². The number of hydrogen-bond donors (Lipinski definition) is 3. The van der Waals surface area contributed by atoms with Gasteiger partial charge in [0, 0.05) is 12.6 Å². The predicted octanol–water partition coefficient (Wildman–Crippen LogP) is 1.39. The van der Waals surface area contributed by atoms with E-state index in [0.29, 0.717) is 6.54 Å². The Bertz CT molecular complexity index is 292. The molecule has 0 heterocycles. The van der Waals surface area contributed by atoms with E-state index in [1.165, 1.54) is 0 Å². The summed E-state index contributed by atoms with van der Waals surface area (Å²) < 4.78 is 0. The molecule has 1 aromatic rings. The minimum atomic E-state index is -0.138. The molecule has 14 heavy (non-hydrogen) atoms. The number of nitrogens with two attached hydrogens (primary N) is 2. The molecule has 1 aromatic carbocycles. The third kappa shape index (κ3) is 2.61. The number of aromatic hydroxyl groups is 1.